The first kappa shape index (κ1) is 15.2. The average molecular weight is 262 g/mol. The molecule has 0 heterocycles. The van der Waals surface area contributed by atoms with Crippen LogP contribution in [0.1, 0.15) is 48.5 Å². The number of carbonyl (C=O) groups excluding carboxylic acids is 2. The monoisotopic (exact) mass is 262 g/mol. The predicted molar refractivity (Wildman–Crippen MR) is 75.8 cm³/mol. The van der Waals surface area contributed by atoms with Crippen molar-refractivity contribution >= 4 is 11.8 Å². The first-order valence-electron chi connectivity index (χ1n) is 6.75. The van der Waals surface area contributed by atoms with Crippen molar-refractivity contribution in [2.75, 3.05) is 7.05 Å². The molecule has 2 amide bonds. The van der Waals surface area contributed by atoms with Crippen LogP contribution in [0, 0.1) is 0 Å². The standard InChI is InChI=1S/C15H22N2O2/c1-3-4-5-9-14(18)17-11-12-7-6-8-13(10-12)15(19)16-2/h6-8,10H,3-5,9,11H2,1-2H3,(H,16,19)(H,17,18). The van der Waals surface area contributed by atoms with Gasteiger partial charge in [-0.1, -0.05) is 31.9 Å². The van der Waals surface area contributed by atoms with Crippen LogP contribution < -0.4 is 10.6 Å². The molecule has 0 aliphatic rings. The number of benzene rings is 1. The first-order chi connectivity index (χ1) is 9.17. The smallest absolute Gasteiger partial charge is 0.251 e. The molecule has 0 unspecified atom stereocenters. The molecule has 104 valence electrons. The van der Waals surface area contributed by atoms with E-state index in [1.165, 1.54) is 0 Å². The van der Waals surface area contributed by atoms with E-state index in [9.17, 15) is 9.59 Å². The number of hydrogen-bond donors (Lipinski definition) is 2. The highest BCUT2D eigenvalue weighted by molar-refractivity contribution is 5.94. The Bertz CT molecular complexity index is 430. The molecule has 4 heteroatoms. The summed E-state index contributed by atoms with van der Waals surface area (Å²) >= 11 is 0. The van der Waals surface area contributed by atoms with Crippen LogP contribution in [0.4, 0.5) is 0 Å². The molecule has 4 nitrogen and oxygen atoms in total. The Morgan fingerprint density at radius 3 is 2.68 bits per heavy atom. The van der Waals surface area contributed by atoms with E-state index in [-0.39, 0.29) is 11.8 Å². The quantitative estimate of drug-likeness (QED) is 0.740. The number of nitrogens with one attached hydrogen (secondary N) is 2. The van der Waals surface area contributed by atoms with E-state index in [4.69, 9.17) is 0 Å². The second-order valence-corrected chi connectivity index (χ2v) is 4.51. The van der Waals surface area contributed by atoms with Gasteiger partial charge < -0.3 is 10.6 Å². The van der Waals surface area contributed by atoms with Gasteiger partial charge in [-0.05, 0) is 24.1 Å². The van der Waals surface area contributed by atoms with Crippen LogP contribution in [-0.2, 0) is 11.3 Å². The molecular weight excluding hydrogens is 240 g/mol. The number of rotatable bonds is 7. The molecular formula is C15H22N2O2. The lowest BCUT2D eigenvalue weighted by molar-refractivity contribution is -0.121. The van der Waals surface area contributed by atoms with Crippen molar-refractivity contribution in [3.8, 4) is 0 Å². The number of amides is 2. The summed E-state index contributed by atoms with van der Waals surface area (Å²) in [5, 5.41) is 5.45. The molecule has 0 saturated carbocycles. The molecule has 0 radical (unpaired) electrons. The fraction of sp³-hybridized carbons (Fsp3) is 0.467. The van der Waals surface area contributed by atoms with Crippen LogP contribution in [0.2, 0.25) is 0 Å². The van der Waals surface area contributed by atoms with Gasteiger partial charge in [-0.2, -0.15) is 0 Å². The van der Waals surface area contributed by atoms with E-state index in [0.717, 1.165) is 24.8 Å². The first-order valence-corrected chi connectivity index (χ1v) is 6.75. The van der Waals surface area contributed by atoms with E-state index in [0.29, 0.717) is 18.5 Å². The van der Waals surface area contributed by atoms with Crippen molar-refractivity contribution in [2.24, 2.45) is 0 Å². The SMILES string of the molecule is CCCCCC(=O)NCc1cccc(C(=O)NC)c1. The third kappa shape index (κ3) is 5.55. The zero-order valence-electron chi connectivity index (χ0n) is 11.7. The summed E-state index contributed by atoms with van der Waals surface area (Å²) < 4.78 is 0. The zero-order valence-corrected chi connectivity index (χ0v) is 11.7. The van der Waals surface area contributed by atoms with Crippen molar-refractivity contribution in [3.63, 3.8) is 0 Å². The molecule has 1 aromatic carbocycles. The molecule has 19 heavy (non-hydrogen) atoms. The second-order valence-electron chi connectivity index (χ2n) is 4.51. The van der Waals surface area contributed by atoms with E-state index in [1.54, 1.807) is 19.2 Å². The summed E-state index contributed by atoms with van der Waals surface area (Å²) in [6.45, 7) is 2.58. The van der Waals surface area contributed by atoms with Crippen LogP contribution in [-0.4, -0.2) is 18.9 Å². The Morgan fingerprint density at radius 2 is 2.00 bits per heavy atom. The highest BCUT2D eigenvalue weighted by Crippen LogP contribution is 2.05. The molecule has 1 aromatic rings. The maximum Gasteiger partial charge on any atom is 0.251 e. The fourth-order valence-electron chi connectivity index (χ4n) is 1.79. The van der Waals surface area contributed by atoms with Gasteiger partial charge >= 0.3 is 0 Å². The number of carbonyl (C=O) groups is 2. The van der Waals surface area contributed by atoms with Crippen LogP contribution in [0.25, 0.3) is 0 Å². The Labute approximate surface area is 114 Å². The van der Waals surface area contributed by atoms with Gasteiger partial charge in [-0.25, -0.2) is 0 Å². The Morgan fingerprint density at radius 1 is 1.21 bits per heavy atom. The molecule has 0 saturated heterocycles. The van der Waals surface area contributed by atoms with Gasteiger partial charge in [0.15, 0.2) is 0 Å². The van der Waals surface area contributed by atoms with Crippen LogP contribution in [0.3, 0.4) is 0 Å². The lowest BCUT2D eigenvalue weighted by Crippen LogP contribution is -2.23. The van der Waals surface area contributed by atoms with Gasteiger partial charge in [-0.15, -0.1) is 0 Å². The molecule has 0 aliphatic heterocycles. The van der Waals surface area contributed by atoms with Gasteiger partial charge in [0.1, 0.15) is 0 Å². The van der Waals surface area contributed by atoms with Gasteiger partial charge in [0, 0.05) is 25.6 Å². The van der Waals surface area contributed by atoms with Crippen molar-refractivity contribution in [2.45, 2.75) is 39.2 Å². The van der Waals surface area contributed by atoms with Crippen molar-refractivity contribution in [3.05, 3.63) is 35.4 Å². The molecule has 0 spiro atoms. The largest absolute Gasteiger partial charge is 0.355 e. The maximum atomic E-state index is 11.6. The molecule has 0 aliphatic carbocycles. The number of hydrogen-bond acceptors (Lipinski definition) is 2. The highest BCUT2D eigenvalue weighted by Gasteiger charge is 2.05. The van der Waals surface area contributed by atoms with Gasteiger partial charge in [0.25, 0.3) is 5.91 Å². The minimum Gasteiger partial charge on any atom is -0.355 e. The average Bonchev–Trinajstić information content (AvgIpc) is 2.45. The van der Waals surface area contributed by atoms with E-state index >= 15 is 0 Å². The van der Waals surface area contributed by atoms with Gasteiger partial charge in [-0.3, -0.25) is 9.59 Å². The summed E-state index contributed by atoms with van der Waals surface area (Å²) in [6.07, 6.45) is 3.70. The third-order valence-electron chi connectivity index (χ3n) is 2.91. The van der Waals surface area contributed by atoms with Crippen LogP contribution >= 0.6 is 0 Å². The topological polar surface area (TPSA) is 58.2 Å². The zero-order chi connectivity index (χ0) is 14.1. The van der Waals surface area contributed by atoms with Crippen LogP contribution in [0.15, 0.2) is 24.3 Å². The number of unbranched alkanes of at least 4 members (excludes halogenated alkanes) is 2. The van der Waals surface area contributed by atoms with Crippen molar-refractivity contribution < 1.29 is 9.59 Å². The molecule has 0 bridgehead atoms. The summed E-state index contributed by atoms with van der Waals surface area (Å²) in [7, 11) is 1.60. The highest BCUT2D eigenvalue weighted by atomic mass is 16.2. The lowest BCUT2D eigenvalue weighted by Gasteiger charge is -2.07. The molecule has 1 rings (SSSR count). The second kappa shape index (κ2) is 8.29. The fourth-order valence-corrected chi connectivity index (χ4v) is 1.79. The van der Waals surface area contributed by atoms with Crippen molar-refractivity contribution in [1.29, 1.82) is 0 Å². The van der Waals surface area contributed by atoms with E-state index < -0.39 is 0 Å². The molecule has 0 fully saturated rings. The molecule has 2 N–H and O–H groups in total. The lowest BCUT2D eigenvalue weighted by atomic mass is 10.1. The van der Waals surface area contributed by atoms with E-state index in [1.807, 2.05) is 12.1 Å². The maximum absolute atomic E-state index is 11.6. The van der Waals surface area contributed by atoms with Crippen LogP contribution in [0.5, 0.6) is 0 Å². The Kier molecular flexibility index (Phi) is 6.64. The summed E-state index contributed by atoms with van der Waals surface area (Å²) in [5.41, 5.74) is 1.55. The normalized spacial score (nSPS) is 10.0. The van der Waals surface area contributed by atoms with Gasteiger partial charge in [0.05, 0.1) is 0 Å². The van der Waals surface area contributed by atoms with Gasteiger partial charge in [0.2, 0.25) is 5.91 Å². The minimum atomic E-state index is -0.115. The third-order valence-corrected chi connectivity index (χ3v) is 2.91. The minimum absolute atomic E-state index is 0.0683. The van der Waals surface area contributed by atoms with E-state index in [2.05, 4.69) is 17.6 Å². The summed E-state index contributed by atoms with van der Waals surface area (Å²) in [4.78, 5) is 23.1. The van der Waals surface area contributed by atoms with Crippen molar-refractivity contribution in [1.82, 2.24) is 10.6 Å². The summed E-state index contributed by atoms with van der Waals surface area (Å²) in [6, 6.07) is 7.28. The molecule has 0 aromatic heterocycles. The summed E-state index contributed by atoms with van der Waals surface area (Å²) in [5.74, 6) is -0.0464. The Balaban J connectivity index is 2.44. The predicted octanol–water partition coefficient (Wildman–Crippen LogP) is 2.24. The molecule has 0 atom stereocenters. The Hall–Kier alpha value is -1.84.